The van der Waals surface area contributed by atoms with E-state index in [1.807, 2.05) is 19.1 Å². The van der Waals surface area contributed by atoms with Crippen molar-refractivity contribution in [3.05, 3.63) is 42.5 Å². The van der Waals surface area contributed by atoms with Crippen LogP contribution in [0.15, 0.2) is 41.8 Å². The third-order valence-corrected chi connectivity index (χ3v) is 3.92. The number of benzene rings is 1. The van der Waals surface area contributed by atoms with Gasteiger partial charge in [0.2, 0.25) is 5.91 Å². The monoisotopic (exact) mass is 290 g/mol. The molecule has 0 aliphatic heterocycles. The van der Waals surface area contributed by atoms with Crippen molar-refractivity contribution in [2.75, 3.05) is 6.54 Å². The summed E-state index contributed by atoms with van der Waals surface area (Å²) in [5, 5.41) is 6.77. The molecule has 0 fully saturated rings. The van der Waals surface area contributed by atoms with E-state index in [-0.39, 0.29) is 11.2 Å². The second-order valence-electron chi connectivity index (χ2n) is 4.52. The molecule has 1 heterocycles. The molecule has 5 nitrogen and oxygen atoms in total. The first-order valence-electron chi connectivity index (χ1n) is 6.48. The first-order valence-corrected chi connectivity index (χ1v) is 7.36. The third-order valence-electron chi connectivity index (χ3n) is 2.81. The van der Waals surface area contributed by atoms with Gasteiger partial charge in [0.05, 0.1) is 11.8 Å². The van der Waals surface area contributed by atoms with E-state index in [1.54, 1.807) is 22.8 Å². The lowest BCUT2D eigenvalue weighted by Crippen LogP contribution is -2.33. The zero-order chi connectivity index (χ0) is 14.4. The average Bonchev–Trinajstić information content (AvgIpc) is 2.94. The molecule has 0 aliphatic rings. The van der Waals surface area contributed by atoms with Crippen LogP contribution in [0.5, 0.6) is 0 Å². The van der Waals surface area contributed by atoms with Crippen molar-refractivity contribution < 1.29 is 4.79 Å². The third kappa shape index (κ3) is 4.38. The summed E-state index contributed by atoms with van der Waals surface area (Å²) in [6, 6.07) is 8.19. The van der Waals surface area contributed by atoms with Gasteiger partial charge in [-0.3, -0.25) is 9.48 Å². The molecule has 1 N–H and O–H groups in total. The predicted molar refractivity (Wildman–Crippen MR) is 79.5 cm³/mol. The molecule has 106 valence electrons. The lowest BCUT2D eigenvalue weighted by atomic mass is 10.2. The Balaban J connectivity index is 1.75. The molecule has 1 atom stereocenters. The second kappa shape index (κ2) is 7.09. The van der Waals surface area contributed by atoms with Crippen molar-refractivity contribution in [1.29, 1.82) is 0 Å². The molecule has 1 aromatic heterocycles. The highest BCUT2D eigenvalue weighted by Crippen LogP contribution is 2.23. The molecule has 0 saturated carbocycles. The summed E-state index contributed by atoms with van der Waals surface area (Å²) in [4.78, 5) is 16.9. The fourth-order valence-corrected chi connectivity index (χ4v) is 2.55. The topological polar surface area (TPSA) is 59.8 Å². The van der Waals surface area contributed by atoms with Crippen LogP contribution < -0.4 is 5.32 Å². The minimum absolute atomic E-state index is 0.0377. The van der Waals surface area contributed by atoms with Crippen LogP contribution in [0, 0.1) is 6.92 Å². The van der Waals surface area contributed by atoms with Crippen LogP contribution in [-0.2, 0) is 11.3 Å². The maximum atomic E-state index is 12.0. The predicted octanol–water partition coefficient (Wildman–Crippen LogP) is 1.88. The van der Waals surface area contributed by atoms with Gasteiger partial charge in [0.25, 0.3) is 0 Å². The van der Waals surface area contributed by atoms with Crippen LogP contribution >= 0.6 is 11.8 Å². The van der Waals surface area contributed by atoms with Crippen molar-refractivity contribution in [3.8, 4) is 0 Å². The van der Waals surface area contributed by atoms with Crippen molar-refractivity contribution >= 4 is 17.7 Å². The Morgan fingerprint density at radius 1 is 1.40 bits per heavy atom. The number of hydrogen-bond acceptors (Lipinski definition) is 4. The molecule has 0 radical (unpaired) electrons. The first-order chi connectivity index (χ1) is 9.65. The van der Waals surface area contributed by atoms with Crippen LogP contribution in [-0.4, -0.2) is 32.5 Å². The molecular weight excluding hydrogens is 272 g/mol. The second-order valence-corrected chi connectivity index (χ2v) is 5.94. The number of hydrogen-bond donors (Lipinski definition) is 1. The molecule has 0 saturated heterocycles. The largest absolute Gasteiger partial charge is 0.353 e. The molecule has 0 spiro atoms. The number of nitrogens with zero attached hydrogens (tertiary/aromatic N) is 3. The minimum atomic E-state index is -0.117. The van der Waals surface area contributed by atoms with Crippen LogP contribution in [0.4, 0.5) is 0 Å². The van der Waals surface area contributed by atoms with Crippen molar-refractivity contribution in [2.24, 2.45) is 0 Å². The van der Waals surface area contributed by atoms with Gasteiger partial charge >= 0.3 is 0 Å². The van der Waals surface area contributed by atoms with Crippen molar-refractivity contribution in [3.63, 3.8) is 0 Å². The lowest BCUT2D eigenvalue weighted by molar-refractivity contribution is -0.120. The number of carbonyl (C=O) groups is 1. The number of aryl methyl sites for hydroxylation is 1. The SMILES string of the molecule is Cc1ccc(S[C@H](C)C(=O)NCCn2cncn2)cc1. The Morgan fingerprint density at radius 2 is 2.15 bits per heavy atom. The smallest absolute Gasteiger partial charge is 0.233 e. The number of rotatable bonds is 6. The van der Waals surface area contributed by atoms with Gasteiger partial charge in [0.15, 0.2) is 0 Å². The summed E-state index contributed by atoms with van der Waals surface area (Å²) in [6.07, 6.45) is 3.12. The zero-order valence-electron chi connectivity index (χ0n) is 11.6. The number of carbonyl (C=O) groups excluding carboxylic acids is 1. The van der Waals surface area contributed by atoms with Gasteiger partial charge in [-0.15, -0.1) is 11.8 Å². The first kappa shape index (κ1) is 14.6. The maximum Gasteiger partial charge on any atom is 0.233 e. The molecule has 6 heteroatoms. The number of thioether (sulfide) groups is 1. The Labute approximate surface area is 122 Å². The van der Waals surface area contributed by atoms with E-state index in [0.717, 1.165) is 4.90 Å². The zero-order valence-corrected chi connectivity index (χ0v) is 12.4. The van der Waals surface area contributed by atoms with E-state index in [0.29, 0.717) is 13.1 Å². The maximum absolute atomic E-state index is 12.0. The van der Waals surface area contributed by atoms with Gasteiger partial charge in [0.1, 0.15) is 12.7 Å². The number of nitrogens with one attached hydrogen (secondary N) is 1. The highest BCUT2D eigenvalue weighted by atomic mass is 32.2. The number of aromatic nitrogens is 3. The van der Waals surface area contributed by atoms with Crippen LogP contribution in [0.25, 0.3) is 0 Å². The fourth-order valence-electron chi connectivity index (χ4n) is 1.66. The molecule has 1 amide bonds. The van der Waals surface area contributed by atoms with Gasteiger partial charge in [-0.2, -0.15) is 5.10 Å². The summed E-state index contributed by atoms with van der Waals surface area (Å²) in [7, 11) is 0. The molecule has 1 aromatic carbocycles. The normalized spacial score (nSPS) is 12.1. The van der Waals surface area contributed by atoms with Crippen molar-refractivity contribution in [2.45, 2.75) is 30.5 Å². The van der Waals surface area contributed by atoms with Crippen LogP contribution in [0.1, 0.15) is 12.5 Å². The Hall–Kier alpha value is -1.82. The molecule has 0 bridgehead atoms. The standard InChI is InChI=1S/C14H18N4OS/c1-11-3-5-13(6-4-11)20-12(2)14(19)16-7-8-18-10-15-9-17-18/h3-6,9-10,12H,7-8H2,1-2H3,(H,16,19)/t12-/m1/s1. The van der Waals surface area contributed by atoms with E-state index in [9.17, 15) is 4.79 Å². The Bertz CT molecular complexity index is 539. The molecule has 2 rings (SSSR count). The minimum Gasteiger partial charge on any atom is -0.353 e. The summed E-state index contributed by atoms with van der Waals surface area (Å²) >= 11 is 1.56. The number of amides is 1. The van der Waals surface area contributed by atoms with E-state index < -0.39 is 0 Å². The highest BCUT2D eigenvalue weighted by molar-refractivity contribution is 8.00. The van der Waals surface area contributed by atoms with Gasteiger partial charge in [0, 0.05) is 11.4 Å². The van der Waals surface area contributed by atoms with Crippen LogP contribution in [0.2, 0.25) is 0 Å². The van der Waals surface area contributed by atoms with E-state index >= 15 is 0 Å². The summed E-state index contributed by atoms with van der Waals surface area (Å²) in [5.74, 6) is 0.0377. The Morgan fingerprint density at radius 3 is 2.80 bits per heavy atom. The highest BCUT2D eigenvalue weighted by Gasteiger charge is 2.13. The van der Waals surface area contributed by atoms with Gasteiger partial charge < -0.3 is 5.32 Å². The average molecular weight is 290 g/mol. The van der Waals surface area contributed by atoms with Crippen molar-refractivity contribution in [1.82, 2.24) is 20.1 Å². The van der Waals surface area contributed by atoms with E-state index in [4.69, 9.17) is 0 Å². The van der Waals surface area contributed by atoms with Crippen LogP contribution in [0.3, 0.4) is 0 Å². The Kier molecular flexibility index (Phi) is 5.17. The quantitative estimate of drug-likeness (QED) is 0.825. The molecule has 2 aromatic rings. The van der Waals surface area contributed by atoms with Gasteiger partial charge in [-0.1, -0.05) is 17.7 Å². The molecular formula is C14H18N4OS. The van der Waals surface area contributed by atoms with E-state index in [2.05, 4.69) is 34.5 Å². The summed E-state index contributed by atoms with van der Waals surface area (Å²) in [5.41, 5.74) is 1.22. The van der Waals surface area contributed by atoms with Gasteiger partial charge in [-0.25, -0.2) is 4.98 Å². The molecule has 0 unspecified atom stereocenters. The summed E-state index contributed by atoms with van der Waals surface area (Å²) < 4.78 is 1.69. The van der Waals surface area contributed by atoms with E-state index in [1.165, 1.54) is 11.9 Å². The lowest BCUT2D eigenvalue weighted by Gasteiger charge is -2.12. The molecule has 0 aliphatic carbocycles. The summed E-state index contributed by atoms with van der Waals surface area (Å²) in [6.45, 7) is 5.15. The van der Waals surface area contributed by atoms with Gasteiger partial charge in [-0.05, 0) is 26.0 Å². The molecule has 20 heavy (non-hydrogen) atoms. The fraction of sp³-hybridized carbons (Fsp3) is 0.357.